The normalized spacial score (nSPS) is 14.4. The summed E-state index contributed by atoms with van der Waals surface area (Å²) in [5.74, 6) is -0.276. The van der Waals surface area contributed by atoms with E-state index in [-0.39, 0.29) is 11.4 Å². The molecule has 0 saturated heterocycles. The lowest BCUT2D eigenvalue weighted by Crippen LogP contribution is -2.23. The average Bonchev–Trinajstić information content (AvgIpc) is 2.75. The predicted octanol–water partition coefficient (Wildman–Crippen LogP) is 5.37. The molecule has 0 amide bonds. The van der Waals surface area contributed by atoms with Crippen LogP contribution in [0.2, 0.25) is 0 Å². The quantitative estimate of drug-likeness (QED) is 0.528. The van der Waals surface area contributed by atoms with Crippen LogP contribution in [0.3, 0.4) is 0 Å². The van der Waals surface area contributed by atoms with Gasteiger partial charge in [0.1, 0.15) is 0 Å². The van der Waals surface area contributed by atoms with Gasteiger partial charge in [-0.3, -0.25) is 4.68 Å². The van der Waals surface area contributed by atoms with Gasteiger partial charge >= 0.3 is 0 Å². The third-order valence-corrected chi connectivity index (χ3v) is 4.35. The zero-order chi connectivity index (χ0) is 15.0. The van der Waals surface area contributed by atoms with E-state index >= 15 is 0 Å². The lowest BCUT2D eigenvalue weighted by atomic mass is 9.75. The van der Waals surface area contributed by atoms with E-state index in [1.54, 1.807) is 11.7 Å². The minimum Gasteiger partial charge on any atom is -0.273 e. The summed E-state index contributed by atoms with van der Waals surface area (Å²) in [7, 11) is 1.80. The molecule has 3 heteroatoms. The number of halogens is 1. The Labute approximate surface area is 123 Å². The second-order valence-electron chi connectivity index (χ2n) is 6.34. The van der Waals surface area contributed by atoms with Crippen molar-refractivity contribution >= 4 is 0 Å². The summed E-state index contributed by atoms with van der Waals surface area (Å²) < 4.78 is 15.7. The lowest BCUT2D eigenvalue weighted by Gasteiger charge is -2.29. The summed E-state index contributed by atoms with van der Waals surface area (Å²) >= 11 is 0. The van der Waals surface area contributed by atoms with Crippen LogP contribution in [0.15, 0.2) is 6.20 Å². The molecule has 0 fully saturated rings. The van der Waals surface area contributed by atoms with Crippen LogP contribution in [-0.4, -0.2) is 9.78 Å². The first-order valence-corrected chi connectivity index (χ1v) is 8.23. The summed E-state index contributed by atoms with van der Waals surface area (Å²) in [6, 6.07) is 0. The van der Waals surface area contributed by atoms with Gasteiger partial charge in [-0.25, -0.2) is 0 Å². The highest BCUT2D eigenvalue weighted by Crippen LogP contribution is 2.36. The molecule has 0 bridgehead atoms. The maximum absolute atomic E-state index is 14.1. The van der Waals surface area contributed by atoms with Crippen molar-refractivity contribution in [2.24, 2.45) is 7.05 Å². The van der Waals surface area contributed by atoms with E-state index in [0.717, 1.165) is 18.4 Å². The molecular weight excluding hydrogens is 251 g/mol. The molecule has 1 heterocycles. The molecule has 0 aliphatic rings. The molecule has 0 radical (unpaired) electrons. The third kappa shape index (κ3) is 4.92. The predicted molar refractivity (Wildman–Crippen MR) is 83.4 cm³/mol. The van der Waals surface area contributed by atoms with E-state index in [2.05, 4.69) is 25.9 Å². The van der Waals surface area contributed by atoms with Gasteiger partial charge in [0.25, 0.3) is 0 Å². The molecule has 0 spiro atoms. The van der Waals surface area contributed by atoms with E-state index in [9.17, 15) is 4.39 Å². The van der Waals surface area contributed by atoms with E-state index in [1.807, 2.05) is 6.20 Å². The Morgan fingerprint density at radius 1 is 1.05 bits per heavy atom. The molecule has 0 N–H and O–H groups in total. The van der Waals surface area contributed by atoms with Crippen molar-refractivity contribution in [3.05, 3.63) is 17.7 Å². The monoisotopic (exact) mass is 282 g/mol. The van der Waals surface area contributed by atoms with Crippen LogP contribution in [-0.2, 0) is 12.5 Å². The van der Waals surface area contributed by atoms with Crippen LogP contribution < -0.4 is 0 Å². The van der Waals surface area contributed by atoms with Gasteiger partial charge in [-0.05, 0) is 18.3 Å². The molecule has 1 unspecified atom stereocenters. The van der Waals surface area contributed by atoms with Crippen LogP contribution in [0.4, 0.5) is 4.39 Å². The topological polar surface area (TPSA) is 17.8 Å². The highest BCUT2D eigenvalue weighted by atomic mass is 19.1. The van der Waals surface area contributed by atoms with Gasteiger partial charge in [0.2, 0.25) is 5.95 Å². The summed E-state index contributed by atoms with van der Waals surface area (Å²) in [5.41, 5.74) is 0.758. The largest absolute Gasteiger partial charge is 0.273 e. The Hall–Kier alpha value is -0.860. The molecule has 0 aliphatic carbocycles. The second kappa shape index (κ2) is 8.43. The van der Waals surface area contributed by atoms with Crippen molar-refractivity contribution in [3.63, 3.8) is 0 Å². The van der Waals surface area contributed by atoms with Crippen molar-refractivity contribution in [3.8, 4) is 0 Å². The van der Waals surface area contributed by atoms with E-state index in [1.165, 1.54) is 44.9 Å². The lowest BCUT2D eigenvalue weighted by molar-refractivity contribution is 0.351. The molecule has 1 atom stereocenters. The van der Waals surface area contributed by atoms with Crippen LogP contribution in [0, 0.1) is 5.95 Å². The number of hydrogen-bond donors (Lipinski definition) is 0. The maximum Gasteiger partial charge on any atom is 0.236 e. The molecule has 20 heavy (non-hydrogen) atoms. The second-order valence-corrected chi connectivity index (χ2v) is 6.34. The minimum absolute atomic E-state index is 0.0543. The highest BCUT2D eigenvalue weighted by molar-refractivity contribution is 5.19. The first-order chi connectivity index (χ1) is 9.53. The molecular formula is C17H31FN2. The molecule has 0 aliphatic heterocycles. The summed E-state index contributed by atoms with van der Waals surface area (Å²) in [6.45, 7) is 6.65. The van der Waals surface area contributed by atoms with Gasteiger partial charge in [-0.2, -0.15) is 4.39 Å². The molecule has 1 rings (SSSR count). The van der Waals surface area contributed by atoms with Crippen LogP contribution in [0.1, 0.15) is 84.1 Å². The standard InChI is InChI=1S/C17H31FN2/c1-5-7-9-11-13-17(3,12-10-8-6-2)15-14-20(4)19-16(15)18/h14H,5-13H2,1-4H3. The van der Waals surface area contributed by atoms with Gasteiger partial charge in [0.15, 0.2) is 0 Å². The van der Waals surface area contributed by atoms with Crippen molar-refractivity contribution in [1.29, 1.82) is 0 Å². The highest BCUT2D eigenvalue weighted by Gasteiger charge is 2.30. The fourth-order valence-electron chi connectivity index (χ4n) is 2.97. The van der Waals surface area contributed by atoms with Gasteiger partial charge in [0, 0.05) is 18.8 Å². The summed E-state index contributed by atoms with van der Waals surface area (Å²) in [6.07, 6.45) is 12.6. The molecule has 1 aromatic rings. The molecule has 2 nitrogen and oxygen atoms in total. The smallest absolute Gasteiger partial charge is 0.236 e. The minimum atomic E-state index is -0.276. The summed E-state index contributed by atoms with van der Waals surface area (Å²) in [5, 5.41) is 3.90. The third-order valence-electron chi connectivity index (χ3n) is 4.35. The Morgan fingerprint density at radius 2 is 1.60 bits per heavy atom. The zero-order valence-electron chi connectivity index (χ0n) is 13.7. The van der Waals surface area contributed by atoms with Crippen molar-refractivity contribution in [1.82, 2.24) is 9.78 Å². The number of hydrogen-bond acceptors (Lipinski definition) is 1. The maximum atomic E-state index is 14.1. The number of aromatic nitrogens is 2. The number of unbranched alkanes of at least 4 members (excludes halogenated alkanes) is 5. The van der Waals surface area contributed by atoms with Crippen LogP contribution in [0.5, 0.6) is 0 Å². The van der Waals surface area contributed by atoms with Gasteiger partial charge in [-0.1, -0.05) is 65.7 Å². The molecule has 1 aromatic heterocycles. The molecule has 0 aromatic carbocycles. The first-order valence-electron chi connectivity index (χ1n) is 8.23. The zero-order valence-corrected chi connectivity index (χ0v) is 13.7. The Bertz CT molecular complexity index is 386. The van der Waals surface area contributed by atoms with Gasteiger partial charge in [0.05, 0.1) is 0 Å². The van der Waals surface area contributed by atoms with Crippen molar-refractivity contribution in [2.75, 3.05) is 0 Å². The fraction of sp³-hybridized carbons (Fsp3) is 0.824. The Balaban J connectivity index is 2.74. The first kappa shape index (κ1) is 17.2. The van der Waals surface area contributed by atoms with Gasteiger partial charge < -0.3 is 0 Å². The van der Waals surface area contributed by atoms with Crippen molar-refractivity contribution < 1.29 is 4.39 Å². The number of aryl methyl sites for hydroxylation is 1. The van der Waals surface area contributed by atoms with Crippen LogP contribution in [0.25, 0.3) is 0 Å². The average molecular weight is 282 g/mol. The molecule has 0 saturated carbocycles. The van der Waals surface area contributed by atoms with Crippen LogP contribution >= 0.6 is 0 Å². The molecule has 116 valence electrons. The van der Waals surface area contributed by atoms with E-state index in [4.69, 9.17) is 0 Å². The summed E-state index contributed by atoms with van der Waals surface area (Å²) in [4.78, 5) is 0. The number of rotatable bonds is 10. The van der Waals surface area contributed by atoms with Crippen molar-refractivity contribution in [2.45, 2.75) is 84.0 Å². The number of nitrogens with zero attached hydrogens (tertiary/aromatic N) is 2. The SMILES string of the molecule is CCCCCCC(C)(CCCCC)c1cn(C)nc1F. The van der Waals surface area contributed by atoms with E-state index < -0.39 is 0 Å². The van der Waals surface area contributed by atoms with E-state index in [0.29, 0.717) is 0 Å². The Morgan fingerprint density at radius 3 is 2.10 bits per heavy atom. The van der Waals surface area contributed by atoms with Gasteiger partial charge in [-0.15, -0.1) is 5.10 Å². The fourth-order valence-corrected chi connectivity index (χ4v) is 2.97. The Kier molecular flexibility index (Phi) is 7.25.